The molecule has 138 valence electrons. The minimum Gasteiger partial charge on any atom is -0.492 e. The fourth-order valence-electron chi connectivity index (χ4n) is 2.93. The predicted octanol–water partition coefficient (Wildman–Crippen LogP) is 3.19. The summed E-state index contributed by atoms with van der Waals surface area (Å²) in [6, 6.07) is 12.2. The highest BCUT2D eigenvalue weighted by atomic mass is 32.2. The molecular weight excluding hydrogens is 352 g/mol. The minimum atomic E-state index is -3.28. The van der Waals surface area contributed by atoms with Crippen molar-refractivity contribution in [1.82, 2.24) is 0 Å². The Labute approximate surface area is 153 Å². The fourth-order valence-corrected chi connectivity index (χ4v) is 4.49. The van der Waals surface area contributed by atoms with E-state index in [0.29, 0.717) is 42.3 Å². The number of hydrogen-bond donors (Lipinski definition) is 1. The van der Waals surface area contributed by atoms with Crippen LogP contribution in [-0.4, -0.2) is 33.2 Å². The smallest absolute Gasteiger partial charge is 0.255 e. The van der Waals surface area contributed by atoms with E-state index in [1.807, 2.05) is 26.0 Å². The summed E-state index contributed by atoms with van der Waals surface area (Å²) >= 11 is 0. The molecule has 0 aromatic heterocycles. The molecule has 1 N–H and O–H groups in total. The van der Waals surface area contributed by atoms with E-state index in [0.717, 1.165) is 5.56 Å². The first-order valence-corrected chi connectivity index (χ1v) is 10.2. The second-order valence-corrected chi connectivity index (χ2v) is 8.19. The first kappa shape index (κ1) is 18.3. The molecule has 0 spiro atoms. The minimum absolute atomic E-state index is 0.143. The Morgan fingerprint density at radius 2 is 2.04 bits per heavy atom. The van der Waals surface area contributed by atoms with E-state index >= 15 is 0 Å². The predicted molar refractivity (Wildman–Crippen MR) is 102 cm³/mol. The van der Waals surface area contributed by atoms with Gasteiger partial charge in [-0.25, -0.2) is 8.42 Å². The lowest BCUT2D eigenvalue weighted by Crippen LogP contribution is -2.25. The average molecular weight is 374 g/mol. The van der Waals surface area contributed by atoms with Crippen LogP contribution in [0.1, 0.15) is 29.3 Å². The van der Waals surface area contributed by atoms with Crippen molar-refractivity contribution in [1.29, 1.82) is 0 Å². The summed E-state index contributed by atoms with van der Waals surface area (Å²) in [5.74, 6) is 0.442. The summed E-state index contributed by atoms with van der Waals surface area (Å²) < 4.78 is 31.1. The largest absolute Gasteiger partial charge is 0.492 e. The number of benzene rings is 2. The van der Waals surface area contributed by atoms with Gasteiger partial charge in [-0.3, -0.25) is 9.10 Å². The summed E-state index contributed by atoms with van der Waals surface area (Å²) in [4.78, 5) is 12.6. The quantitative estimate of drug-likeness (QED) is 0.872. The Kier molecular flexibility index (Phi) is 5.18. The third-order valence-corrected chi connectivity index (χ3v) is 6.05. The van der Waals surface area contributed by atoms with Crippen LogP contribution >= 0.6 is 0 Å². The van der Waals surface area contributed by atoms with Crippen molar-refractivity contribution in [2.45, 2.75) is 20.3 Å². The van der Waals surface area contributed by atoms with E-state index in [1.165, 1.54) is 4.31 Å². The molecule has 7 heteroatoms. The van der Waals surface area contributed by atoms with Gasteiger partial charge >= 0.3 is 0 Å². The Morgan fingerprint density at radius 1 is 1.23 bits per heavy atom. The van der Waals surface area contributed by atoms with Crippen LogP contribution in [0.4, 0.5) is 11.4 Å². The zero-order valence-electron chi connectivity index (χ0n) is 14.9. The van der Waals surface area contributed by atoms with Crippen molar-refractivity contribution in [2.24, 2.45) is 0 Å². The SMILES string of the molecule is CCOc1cc(C)ccc1NC(=O)c1cccc(N2CCCS2(=O)=O)c1. The molecule has 6 nitrogen and oxygen atoms in total. The highest BCUT2D eigenvalue weighted by Gasteiger charge is 2.28. The van der Waals surface area contributed by atoms with E-state index in [1.54, 1.807) is 30.3 Å². The first-order chi connectivity index (χ1) is 12.4. The van der Waals surface area contributed by atoms with Gasteiger partial charge in [-0.1, -0.05) is 12.1 Å². The molecule has 1 aliphatic heterocycles. The van der Waals surface area contributed by atoms with Crippen LogP contribution < -0.4 is 14.4 Å². The number of ether oxygens (including phenoxy) is 1. The van der Waals surface area contributed by atoms with E-state index in [9.17, 15) is 13.2 Å². The Balaban J connectivity index is 1.84. The second-order valence-electron chi connectivity index (χ2n) is 6.18. The number of hydrogen-bond acceptors (Lipinski definition) is 4. The molecule has 2 aromatic rings. The third-order valence-electron chi connectivity index (χ3n) is 4.18. The lowest BCUT2D eigenvalue weighted by atomic mass is 10.1. The molecule has 1 amide bonds. The van der Waals surface area contributed by atoms with Gasteiger partial charge in [0.05, 0.1) is 23.7 Å². The van der Waals surface area contributed by atoms with Crippen molar-refractivity contribution in [3.05, 3.63) is 53.6 Å². The number of anilines is 2. The van der Waals surface area contributed by atoms with Gasteiger partial charge in [0.2, 0.25) is 10.0 Å². The number of carbonyl (C=O) groups excluding carboxylic acids is 1. The molecule has 0 radical (unpaired) electrons. The van der Waals surface area contributed by atoms with Crippen molar-refractivity contribution in [3.63, 3.8) is 0 Å². The van der Waals surface area contributed by atoms with Crippen molar-refractivity contribution < 1.29 is 17.9 Å². The maximum atomic E-state index is 12.6. The van der Waals surface area contributed by atoms with E-state index in [4.69, 9.17) is 4.74 Å². The molecule has 26 heavy (non-hydrogen) atoms. The lowest BCUT2D eigenvalue weighted by Gasteiger charge is -2.18. The molecular formula is C19H22N2O4S. The van der Waals surface area contributed by atoms with Gasteiger partial charge in [0.15, 0.2) is 0 Å². The molecule has 0 aliphatic carbocycles. The number of carbonyl (C=O) groups is 1. The van der Waals surface area contributed by atoms with Crippen LogP contribution in [0.15, 0.2) is 42.5 Å². The molecule has 3 rings (SSSR count). The highest BCUT2D eigenvalue weighted by molar-refractivity contribution is 7.93. The summed E-state index contributed by atoms with van der Waals surface area (Å²) in [6.45, 7) is 4.77. The first-order valence-electron chi connectivity index (χ1n) is 8.56. The topological polar surface area (TPSA) is 75.7 Å². The van der Waals surface area contributed by atoms with E-state index in [-0.39, 0.29) is 11.7 Å². The average Bonchev–Trinajstić information content (AvgIpc) is 2.97. The van der Waals surface area contributed by atoms with Gasteiger partial charge in [0.1, 0.15) is 5.75 Å². The summed E-state index contributed by atoms with van der Waals surface area (Å²) in [5.41, 5.74) is 2.53. The monoisotopic (exact) mass is 374 g/mol. The number of amides is 1. The van der Waals surface area contributed by atoms with Crippen molar-refractivity contribution >= 4 is 27.3 Å². The maximum Gasteiger partial charge on any atom is 0.255 e. The zero-order valence-corrected chi connectivity index (χ0v) is 15.7. The Bertz CT molecular complexity index is 925. The Morgan fingerprint density at radius 3 is 2.73 bits per heavy atom. The van der Waals surface area contributed by atoms with Crippen LogP contribution in [0.5, 0.6) is 5.75 Å². The van der Waals surface area contributed by atoms with Crippen molar-refractivity contribution in [2.75, 3.05) is 28.5 Å². The molecule has 2 aromatic carbocycles. The van der Waals surface area contributed by atoms with Gasteiger partial charge in [0.25, 0.3) is 5.91 Å². The molecule has 0 bridgehead atoms. The van der Waals surface area contributed by atoms with Gasteiger partial charge < -0.3 is 10.1 Å². The summed E-state index contributed by atoms with van der Waals surface area (Å²) in [5, 5.41) is 2.85. The van der Waals surface area contributed by atoms with Crippen LogP contribution in [0.25, 0.3) is 0 Å². The van der Waals surface area contributed by atoms with E-state index < -0.39 is 10.0 Å². The second kappa shape index (κ2) is 7.37. The van der Waals surface area contributed by atoms with Crippen molar-refractivity contribution in [3.8, 4) is 5.75 Å². The van der Waals surface area contributed by atoms with E-state index in [2.05, 4.69) is 5.32 Å². The van der Waals surface area contributed by atoms with Crippen LogP contribution in [0, 0.1) is 6.92 Å². The lowest BCUT2D eigenvalue weighted by molar-refractivity contribution is 0.102. The molecule has 0 saturated carbocycles. The third kappa shape index (κ3) is 3.83. The molecule has 0 atom stereocenters. The standard InChI is InChI=1S/C19H22N2O4S/c1-3-25-18-12-14(2)8-9-17(18)20-19(22)15-6-4-7-16(13-15)21-10-5-11-26(21,23)24/h4,6-9,12-13H,3,5,10-11H2,1-2H3,(H,20,22). The summed E-state index contributed by atoms with van der Waals surface area (Å²) in [7, 11) is -3.28. The maximum absolute atomic E-state index is 12.6. The zero-order chi connectivity index (χ0) is 18.7. The Hall–Kier alpha value is -2.54. The normalized spacial score (nSPS) is 15.7. The number of nitrogens with one attached hydrogen (secondary N) is 1. The van der Waals surface area contributed by atoms with Crippen LogP contribution in [0.2, 0.25) is 0 Å². The number of sulfonamides is 1. The number of aryl methyl sites for hydroxylation is 1. The van der Waals surface area contributed by atoms with Crippen LogP contribution in [-0.2, 0) is 10.0 Å². The molecule has 1 aliphatic rings. The molecule has 1 saturated heterocycles. The van der Waals surface area contributed by atoms with Gasteiger partial charge in [-0.2, -0.15) is 0 Å². The van der Waals surface area contributed by atoms with Gasteiger partial charge in [-0.15, -0.1) is 0 Å². The fraction of sp³-hybridized carbons (Fsp3) is 0.316. The van der Waals surface area contributed by atoms with Crippen LogP contribution in [0.3, 0.4) is 0 Å². The highest BCUT2D eigenvalue weighted by Crippen LogP contribution is 2.28. The van der Waals surface area contributed by atoms with Gasteiger partial charge in [0, 0.05) is 12.1 Å². The molecule has 1 fully saturated rings. The molecule has 1 heterocycles. The number of rotatable bonds is 5. The summed E-state index contributed by atoms with van der Waals surface area (Å²) in [6.07, 6.45) is 0.597. The van der Waals surface area contributed by atoms with Gasteiger partial charge in [-0.05, 0) is 56.2 Å². The number of nitrogens with zero attached hydrogens (tertiary/aromatic N) is 1. The molecule has 0 unspecified atom stereocenters.